The monoisotopic (exact) mass is 345 g/mol. The van der Waals surface area contributed by atoms with Crippen LogP contribution in [0.3, 0.4) is 0 Å². The highest BCUT2D eigenvalue weighted by Crippen LogP contribution is 2.33. The van der Waals surface area contributed by atoms with Gasteiger partial charge in [0.25, 0.3) is 0 Å². The SMILES string of the molecule is O=C1N[C@H](c2ccc(OS(=O)(=O)C(F)(F)F)c(Cl)c2)CO1. The maximum absolute atomic E-state index is 12.2. The molecule has 116 valence electrons. The molecule has 1 saturated heterocycles. The second-order valence-corrected chi connectivity index (χ2v) is 5.91. The van der Waals surface area contributed by atoms with Crippen molar-refractivity contribution in [3.05, 3.63) is 28.8 Å². The van der Waals surface area contributed by atoms with Gasteiger partial charge in [0.1, 0.15) is 6.61 Å². The highest BCUT2D eigenvalue weighted by atomic mass is 35.5. The largest absolute Gasteiger partial charge is 0.534 e. The van der Waals surface area contributed by atoms with E-state index in [1.807, 2.05) is 0 Å². The van der Waals surface area contributed by atoms with Crippen LogP contribution < -0.4 is 9.50 Å². The summed E-state index contributed by atoms with van der Waals surface area (Å²) in [4.78, 5) is 10.9. The lowest BCUT2D eigenvalue weighted by atomic mass is 10.1. The van der Waals surface area contributed by atoms with Gasteiger partial charge >= 0.3 is 21.7 Å². The first-order valence-corrected chi connectivity index (χ1v) is 7.12. The lowest BCUT2D eigenvalue weighted by Gasteiger charge is -2.13. The molecule has 11 heteroatoms. The summed E-state index contributed by atoms with van der Waals surface area (Å²) >= 11 is 5.69. The van der Waals surface area contributed by atoms with Gasteiger partial charge in [-0.2, -0.15) is 21.6 Å². The molecule has 0 radical (unpaired) electrons. The van der Waals surface area contributed by atoms with Crippen molar-refractivity contribution < 1.29 is 35.3 Å². The number of hydrogen-bond acceptors (Lipinski definition) is 5. The maximum atomic E-state index is 12.2. The van der Waals surface area contributed by atoms with Crippen LogP contribution in [0.25, 0.3) is 0 Å². The molecule has 1 amide bonds. The van der Waals surface area contributed by atoms with Crippen molar-refractivity contribution in [2.75, 3.05) is 6.61 Å². The fourth-order valence-electron chi connectivity index (χ4n) is 1.53. The van der Waals surface area contributed by atoms with Crippen molar-refractivity contribution in [2.45, 2.75) is 11.6 Å². The second kappa shape index (κ2) is 5.26. The summed E-state index contributed by atoms with van der Waals surface area (Å²) in [5, 5.41) is 2.08. The van der Waals surface area contributed by atoms with Crippen molar-refractivity contribution in [1.29, 1.82) is 0 Å². The summed E-state index contributed by atoms with van der Waals surface area (Å²) in [5.41, 5.74) is -5.12. The van der Waals surface area contributed by atoms with E-state index in [0.717, 1.165) is 6.07 Å². The fraction of sp³-hybridized carbons (Fsp3) is 0.300. The lowest BCUT2D eigenvalue weighted by molar-refractivity contribution is -0.0500. The van der Waals surface area contributed by atoms with Gasteiger partial charge in [-0.1, -0.05) is 17.7 Å². The van der Waals surface area contributed by atoms with Gasteiger partial charge in [-0.25, -0.2) is 4.79 Å². The Balaban J connectivity index is 2.23. The number of carbonyl (C=O) groups excluding carboxylic acids is 1. The van der Waals surface area contributed by atoms with E-state index in [2.05, 4.69) is 14.2 Å². The van der Waals surface area contributed by atoms with Crippen LogP contribution in [0.4, 0.5) is 18.0 Å². The first kappa shape index (κ1) is 15.7. The van der Waals surface area contributed by atoms with E-state index < -0.39 is 33.5 Å². The van der Waals surface area contributed by atoms with Crippen LogP contribution in [-0.4, -0.2) is 26.6 Å². The lowest BCUT2D eigenvalue weighted by Crippen LogP contribution is -2.28. The standard InChI is InChI=1S/C10H7ClF3NO5S/c11-6-3-5(7-4-19-9(16)15-7)1-2-8(6)20-21(17,18)10(12,13)14/h1-3,7H,4H2,(H,15,16)/t7-/m0/s1. The molecule has 0 spiro atoms. The van der Waals surface area contributed by atoms with Gasteiger partial charge in [0.2, 0.25) is 0 Å². The predicted octanol–water partition coefficient (Wildman–Crippen LogP) is 2.35. The number of cyclic esters (lactones) is 1. The van der Waals surface area contributed by atoms with E-state index in [9.17, 15) is 26.4 Å². The van der Waals surface area contributed by atoms with E-state index in [-0.39, 0.29) is 11.6 Å². The third-order valence-electron chi connectivity index (χ3n) is 2.51. The minimum absolute atomic E-state index is 0.0240. The molecule has 1 aromatic rings. The number of carbonyl (C=O) groups is 1. The van der Waals surface area contributed by atoms with Gasteiger partial charge in [0.05, 0.1) is 11.1 Å². The number of rotatable bonds is 3. The van der Waals surface area contributed by atoms with Crippen molar-refractivity contribution >= 4 is 27.8 Å². The average molecular weight is 346 g/mol. The zero-order valence-electron chi connectivity index (χ0n) is 9.98. The van der Waals surface area contributed by atoms with Gasteiger partial charge in [-0.15, -0.1) is 0 Å². The third-order valence-corrected chi connectivity index (χ3v) is 3.78. The van der Waals surface area contributed by atoms with Crippen molar-refractivity contribution in [2.24, 2.45) is 0 Å². The van der Waals surface area contributed by atoms with Gasteiger partial charge < -0.3 is 14.2 Å². The van der Waals surface area contributed by atoms with Crippen molar-refractivity contribution in [3.63, 3.8) is 0 Å². The zero-order valence-corrected chi connectivity index (χ0v) is 11.6. The number of alkyl carbamates (subject to hydrolysis) is 1. The Bertz CT molecular complexity index is 676. The molecule has 1 aliphatic rings. The quantitative estimate of drug-likeness (QED) is 0.671. The van der Waals surface area contributed by atoms with Crippen LogP contribution in [-0.2, 0) is 14.9 Å². The molecular formula is C10H7ClF3NO5S. The Morgan fingerprint density at radius 2 is 2.05 bits per heavy atom. The molecule has 1 aliphatic heterocycles. The molecular weight excluding hydrogens is 339 g/mol. The first-order valence-electron chi connectivity index (χ1n) is 5.33. The van der Waals surface area contributed by atoms with Crippen LogP contribution in [0.15, 0.2) is 18.2 Å². The molecule has 0 unspecified atom stereocenters. The summed E-state index contributed by atoms with van der Waals surface area (Å²) < 4.78 is 66.9. The summed E-state index contributed by atoms with van der Waals surface area (Å²) in [6.45, 7) is 0.0240. The highest BCUT2D eigenvalue weighted by Gasteiger charge is 2.48. The summed E-state index contributed by atoms with van der Waals surface area (Å²) in [6.07, 6.45) is -0.643. The summed E-state index contributed by atoms with van der Waals surface area (Å²) in [5.74, 6) is -0.664. The molecule has 21 heavy (non-hydrogen) atoms. The first-order chi connectivity index (χ1) is 9.60. The normalized spacial score (nSPS) is 19.0. The summed E-state index contributed by atoms with van der Waals surface area (Å²) in [7, 11) is -5.79. The Morgan fingerprint density at radius 1 is 1.38 bits per heavy atom. The molecule has 1 fully saturated rings. The number of hydrogen-bond donors (Lipinski definition) is 1. The number of ether oxygens (including phenoxy) is 1. The minimum atomic E-state index is -5.79. The van der Waals surface area contributed by atoms with E-state index in [1.165, 1.54) is 12.1 Å². The second-order valence-electron chi connectivity index (χ2n) is 3.97. The molecule has 0 aromatic heterocycles. The van der Waals surface area contributed by atoms with E-state index in [4.69, 9.17) is 11.6 Å². The highest BCUT2D eigenvalue weighted by molar-refractivity contribution is 7.88. The Labute approximate surface area is 121 Å². The molecule has 1 atom stereocenters. The van der Waals surface area contributed by atoms with E-state index in [1.54, 1.807) is 0 Å². The fourth-order valence-corrected chi connectivity index (χ4v) is 2.28. The van der Waals surface area contributed by atoms with E-state index in [0.29, 0.717) is 5.56 Å². The molecule has 1 N–H and O–H groups in total. The van der Waals surface area contributed by atoms with Crippen LogP contribution in [0.5, 0.6) is 5.75 Å². The van der Waals surface area contributed by atoms with Crippen LogP contribution >= 0.6 is 11.6 Å². The Hall–Kier alpha value is -1.68. The Morgan fingerprint density at radius 3 is 2.52 bits per heavy atom. The number of halogens is 4. The molecule has 1 heterocycles. The number of alkyl halides is 3. The topological polar surface area (TPSA) is 81.7 Å². The van der Waals surface area contributed by atoms with Gasteiger partial charge in [-0.3, -0.25) is 0 Å². The average Bonchev–Trinajstić information content (AvgIpc) is 2.77. The molecule has 0 bridgehead atoms. The van der Waals surface area contributed by atoms with Crippen LogP contribution in [0, 0.1) is 0 Å². The number of benzene rings is 1. The number of nitrogens with one attached hydrogen (secondary N) is 1. The molecule has 6 nitrogen and oxygen atoms in total. The smallest absolute Gasteiger partial charge is 0.447 e. The van der Waals surface area contributed by atoms with Crippen LogP contribution in [0.2, 0.25) is 5.02 Å². The maximum Gasteiger partial charge on any atom is 0.534 e. The van der Waals surface area contributed by atoms with Crippen molar-refractivity contribution in [3.8, 4) is 5.75 Å². The third kappa shape index (κ3) is 3.32. The van der Waals surface area contributed by atoms with Gasteiger partial charge in [0.15, 0.2) is 5.75 Å². The molecule has 0 saturated carbocycles. The predicted molar refractivity (Wildman–Crippen MR) is 64.3 cm³/mol. The van der Waals surface area contributed by atoms with Gasteiger partial charge in [0, 0.05) is 0 Å². The van der Waals surface area contributed by atoms with E-state index >= 15 is 0 Å². The van der Waals surface area contributed by atoms with Gasteiger partial charge in [-0.05, 0) is 17.7 Å². The van der Waals surface area contributed by atoms with Crippen molar-refractivity contribution in [1.82, 2.24) is 5.32 Å². The molecule has 0 aliphatic carbocycles. The summed E-state index contributed by atoms with van der Waals surface area (Å²) in [6, 6.07) is 2.89. The zero-order chi connectivity index (χ0) is 15.8. The Kier molecular flexibility index (Phi) is 3.93. The molecule has 1 aromatic carbocycles. The molecule has 2 rings (SSSR count). The van der Waals surface area contributed by atoms with Crippen LogP contribution in [0.1, 0.15) is 11.6 Å². The number of amides is 1. The minimum Gasteiger partial charge on any atom is -0.447 e.